The highest BCUT2D eigenvalue weighted by Crippen LogP contribution is 2.30. The highest BCUT2D eigenvalue weighted by atomic mass is 35.5. The monoisotopic (exact) mass is 240 g/mol. The number of para-hydroxylation sites is 1. The molecule has 0 aromatic heterocycles. The molecule has 1 fully saturated rings. The van der Waals surface area contributed by atoms with Crippen molar-refractivity contribution in [1.82, 2.24) is 0 Å². The van der Waals surface area contributed by atoms with Crippen molar-refractivity contribution in [2.24, 2.45) is 0 Å². The van der Waals surface area contributed by atoms with Gasteiger partial charge in [0.1, 0.15) is 0 Å². The van der Waals surface area contributed by atoms with Crippen LogP contribution in [0.15, 0.2) is 18.2 Å². The molecule has 1 saturated heterocycles. The fourth-order valence-electron chi connectivity index (χ4n) is 2.01. The molecule has 1 aromatic carbocycles. The van der Waals surface area contributed by atoms with Crippen LogP contribution >= 0.6 is 11.6 Å². The molecule has 2 rings (SSSR count). The van der Waals surface area contributed by atoms with Crippen LogP contribution in [-0.4, -0.2) is 18.8 Å². The first-order chi connectivity index (χ1) is 7.68. The van der Waals surface area contributed by atoms with Gasteiger partial charge >= 0.3 is 0 Å². The van der Waals surface area contributed by atoms with Crippen molar-refractivity contribution in [3.63, 3.8) is 0 Å². The third-order valence-electron chi connectivity index (χ3n) is 2.94. The number of halogens is 1. The van der Waals surface area contributed by atoms with E-state index < -0.39 is 0 Å². The van der Waals surface area contributed by atoms with E-state index >= 15 is 0 Å². The predicted octanol–water partition coefficient (Wildman–Crippen LogP) is 2.90. The maximum Gasteiger partial charge on any atom is 0.0774 e. The SMILES string of the molecule is CC(Nc1c(N)cccc1Cl)C1CCCO1. The smallest absolute Gasteiger partial charge is 0.0774 e. The van der Waals surface area contributed by atoms with E-state index in [9.17, 15) is 0 Å². The number of benzene rings is 1. The second kappa shape index (κ2) is 4.93. The summed E-state index contributed by atoms with van der Waals surface area (Å²) in [5.41, 5.74) is 7.37. The van der Waals surface area contributed by atoms with Crippen LogP contribution in [0.1, 0.15) is 19.8 Å². The lowest BCUT2D eigenvalue weighted by Crippen LogP contribution is -2.30. The molecule has 16 heavy (non-hydrogen) atoms. The number of rotatable bonds is 3. The summed E-state index contributed by atoms with van der Waals surface area (Å²) in [5, 5.41) is 4.00. The first-order valence-corrected chi connectivity index (χ1v) is 5.98. The van der Waals surface area contributed by atoms with Gasteiger partial charge in [0.05, 0.1) is 22.5 Å². The Morgan fingerprint density at radius 3 is 3.00 bits per heavy atom. The number of nitrogens with two attached hydrogens (primary N) is 1. The van der Waals surface area contributed by atoms with Crippen molar-refractivity contribution in [3.05, 3.63) is 23.2 Å². The van der Waals surface area contributed by atoms with Crippen molar-refractivity contribution >= 4 is 23.0 Å². The molecule has 2 atom stereocenters. The summed E-state index contributed by atoms with van der Waals surface area (Å²) in [7, 11) is 0. The molecule has 1 aliphatic rings. The Hall–Kier alpha value is -0.930. The molecular weight excluding hydrogens is 224 g/mol. The minimum absolute atomic E-state index is 0.227. The van der Waals surface area contributed by atoms with E-state index in [1.807, 2.05) is 18.2 Å². The molecular formula is C12H17ClN2O. The predicted molar refractivity (Wildman–Crippen MR) is 67.9 cm³/mol. The minimum Gasteiger partial charge on any atom is -0.397 e. The Morgan fingerprint density at radius 1 is 1.56 bits per heavy atom. The fraction of sp³-hybridized carbons (Fsp3) is 0.500. The van der Waals surface area contributed by atoms with Crippen molar-refractivity contribution in [3.8, 4) is 0 Å². The zero-order valence-electron chi connectivity index (χ0n) is 9.37. The first kappa shape index (κ1) is 11.6. The number of hydrogen-bond acceptors (Lipinski definition) is 3. The van der Waals surface area contributed by atoms with E-state index in [1.54, 1.807) is 0 Å². The van der Waals surface area contributed by atoms with Gasteiger partial charge in [-0.05, 0) is 31.9 Å². The van der Waals surface area contributed by atoms with Crippen LogP contribution in [0.3, 0.4) is 0 Å². The topological polar surface area (TPSA) is 47.3 Å². The average Bonchev–Trinajstić information content (AvgIpc) is 2.76. The Kier molecular flexibility index (Phi) is 3.56. The van der Waals surface area contributed by atoms with E-state index in [-0.39, 0.29) is 12.1 Å². The molecule has 0 amide bonds. The van der Waals surface area contributed by atoms with Gasteiger partial charge in [-0.2, -0.15) is 0 Å². The van der Waals surface area contributed by atoms with Crippen LogP contribution in [0.4, 0.5) is 11.4 Å². The highest BCUT2D eigenvalue weighted by molar-refractivity contribution is 6.33. The molecule has 4 heteroatoms. The molecule has 1 aliphatic heterocycles. The minimum atomic E-state index is 0.227. The molecule has 0 radical (unpaired) electrons. The second-order valence-corrected chi connectivity index (χ2v) is 4.60. The van der Waals surface area contributed by atoms with Gasteiger partial charge in [0, 0.05) is 12.6 Å². The molecule has 1 heterocycles. The van der Waals surface area contributed by atoms with Crippen LogP contribution in [0.5, 0.6) is 0 Å². The molecule has 0 saturated carbocycles. The zero-order valence-corrected chi connectivity index (χ0v) is 10.1. The number of hydrogen-bond donors (Lipinski definition) is 2. The maximum atomic E-state index is 6.10. The highest BCUT2D eigenvalue weighted by Gasteiger charge is 2.23. The van der Waals surface area contributed by atoms with Crippen LogP contribution in [0.25, 0.3) is 0 Å². The van der Waals surface area contributed by atoms with Crippen molar-refractivity contribution in [1.29, 1.82) is 0 Å². The van der Waals surface area contributed by atoms with Crippen LogP contribution in [-0.2, 0) is 4.74 Å². The summed E-state index contributed by atoms with van der Waals surface area (Å²) in [4.78, 5) is 0. The van der Waals surface area contributed by atoms with Gasteiger partial charge in [-0.1, -0.05) is 17.7 Å². The maximum absolute atomic E-state index is 6.10. The van der Waals surface area contributed by atoms with Gasteiger partial charge in [0.25, 0.3) is 0 Å². The summed E-state index contributed by atoms with van der Waals surface area (Å²) < 4.78 is 5.62. The molecule has 2 unspecified atom stereocenters. The van der Waals surface area contributed by atoms with Crippen molar-refractivity contribution in [2.45, 2.75) is 31.9 Å². The van der Waals surface area contributed by atoms with Crippen LogP contribution in [0.2, 0.25) is 5.02 Å². The van der Waals surface area contributed by atoms with E-state index in [4.69, 9.17) is 22.1 Å². The van der Waals surface area contributed by atoms with E-state index in [0.29, 0.717) is 10.7 Å². The van der Waals surface area contributed by atoms with Gasteiger partial charge in [0.2, 0.25) is 0 Å². The Labute approximate surface area is 101 Å². The van der Waals surface area contributed by atoms with E-state index in [2.05, 4.69) is 12.2 Å². The molecule has 0 spiro atoms. The zero-order chi connectivity index (χ0) is 11.5. The molecule has 3 N–H and O–H groups in total. The summed E-state index contributed by atoms with van der Waals surface area (Å²) in [6.07, 6.45) is 2.49. The van der Waals surface area contributed by atoms with Crippen molar-refractivity contribution in [2.75, 3.05) is 17.7 Å². The summed E-state index contributed by atoms with van der Waals surface area (Å²) in [6.45, 7) is 2.95. The number of anilines is 2. The normalized spacial score (nSPS) is 22.0. The summed E-state index contributed by atoms with van der Waals surface area (Å²) in [5.74, 6) is 0. The summed E-state index contributed by atoms with van der Waals surface area (Å²) >= 11 is 6.10. The fourth-order valence-corrected chi connectivity index (χ4v) is 2.25. The van der Waals surface area contributed by atoms with Crippen molar-refractivity contribution < 1.29 is 4.74 Å². The lowest BCUT2D eigenvalue weighted by Gasteiger charge is -2.22. The van der Waals surface area contributed by atoms with Gasteiger partial charge in [-0.15, -0.1) is 0 Å². The van der Waals surface area contributed by atoms with Gasteiger partial charge in [0.15, 0.2) is 0 Å². The number of nitrogen functional groups attached to an aromatic ring is 1. The lowest BCUT2D eigenvalue weighted by molar-refractivity contribution is 0.0997. The Balaban J connectivity index is 2.07. The molecule has 1 aromatic rings. The third-order valence-corrected chi connectivity index (χ3v) is 3.26. The number of nitrogens with one attached hydrogen (secondary N) is 1. The van der Waals surface area contributed by atoms with Gasteiger partial charge < -0.3 is 15.8 Å². The van der Waals surface area contributed by atoms with Gasteiger partial charge in [-0.25, -0.2) is 0 Å². The number of ether oxygens (including phenoxy) is 1. The quantitative estimate of drug-likeness (QED) is 0.799. The second-order valence-electron chi connectivity index (χ2n) is 4.19. The average molecular weight is 241 g/mol. The standard InChI is InChI=1S/C12H17ClN2O/c1-8(11-6-3-7-16-11)15-12-9(13)4-2-5-10(12)14/h2,4-5,8,11,15H,3,6-7,14H2,1H3. The van der Waals surface area contributed by atoms with E-state index in [0.717, 1.165) is 25.1 Å². The van der Waals surface area contributed by atoms with Gasteiger partial charge in [-0.3, -0.25) is 0 Å². The molecule has 88 valence electrons. The molecule has 0 aliphatic carbocycles. The molecule has 3 nitrogen and oxygen atoms in total. The largest absolute Gasteiger partial charge is 0.397 e. The molecule has 0 bridgehead atoms. The first-order valence-electron chi connectivity index (χ1n) is 5.60. The van der Waals surface area contributed by atoms with Crippen LogP contribution < -0.4 is 11.1 Å². The third kappa shape index (κ3) is 2.42. The Morgan fingerprint density at radius 2 is 2.38 bits per heavy atom. The summed E-state index contributed by atoms with van der Waals surface area (Å²) in [6, 6.07) is 5.75. The van der Waals surface area contributed by atoms with Crippen LogP contribution in [0, 0.1) is 0 Å². The Bertz CT molecular complexity index is 344. The van der Waals surface area contributed by atoms with E-state index in [1.165, 1.54) is 0 Å². The lowest BCUT2D eigenvalue weighted by atomic mass is 10.1.